The second kappa shape index (κ2) is 4.07. The number of hydrogen-bond donors (Lipinski definition) is 0. The maximum Gasteiger partial charge on any atom is -0.0201 e. The summed E-state index contributed by atoms with van der Waals surface area (Å²) in [7, 11) is 0.0318. The smallest absolute Gasteiger partial charge is 0.0201 e. The highest BCUT2D eigenvalue weighted by Crippen LogP contribution is 2.42. The second-order valence-electron chi connectivity index (χ2n) is 3.61. The highest BCUT2D eigenvalue weighted by molar-refractivity contribution is 7.68. The average molecular weight is 190 g/mol. The van der Waals surface area contributed by atoms with Gasteiger partial charge in [0.25, 0.3) is 0 Å². The molecule has 2 rings (SSSR count). The molecule has 0 aliphatic carbocycles. The van der Waals surface area contributed by atoms with Gasteiger partial charge in [0.15, 0.2) is 0 Å². The van der Waals surface area contributed by atoms with Gasteiger partial charge in [-0.05, 0) is 31.2 Å². The SMILES string of the molecule is CC1=CP(c2ccccc2)CCC1. The van der Waals surface area contributed by atoms with E-state index in [9.17, 15) is 0 Å². The first-order valence-corrected chi connectivity index (χ1v) is 6.45. The van der Waals surface area contributed by atoms with E-state index in [-0.39, 0.29) is 7.92 Å². The molecule has 0 nitrogen and oxygen atoms in total. The van der Waals surface area contributed by atoms with Crippen molar-refractivity contribution in [1.29, 1.82) is 0 Å². The van der Waals surface area contributed by atoms with E-state index in [1.54, 1.807) is 5.57 Å². The van der Waals surface area contributed by atoms with Crippen LogP contribution in [0.4, 0.5) is 0 Å². The third-order valence-electron chi connectivity index (χ3n) is 2.43. The quantitative estimate of drug-likeness (QED) is 0.594. The first-order valence-electron chi connectivity index (χ1n) is 4.85. The lowest BCUT2D eigenvalue weighted by Crippen LogP contribution is -2.04. The Bertz CT molecular complexity index is 300. The van der Waals surface area contributed by atoms with Crippen LogP contribution in [0.1, 0.15) is 19.8 Å². The van der Waals surface area contributed by atoms with Gasteiger partial charge < -0.3 is 0 Å². The van der Waals surface area contributed by atoms with Crippen LogP contribution < -0.4 is 5.30 Å². The molecule has 1 aromatic carbocycles. The molecule has 1 aliphatic heterocycles. The van der Waals surface area contributed by atoms with Crippen molar-refractivity contribution in [3.63, 3.8) is 0 Å². The molecular formula is C12H15P. The number of rotatable bonds is 1. The van der Waals surface area contributed by atoms with Crippen LogP contribution >= 0.6 is 7.92 Å². The number of allylic oxidation sites excluding steroid dienone is 1. The zero-order valence-electron chi connectivity index (χ0n) is 8.03. The molecule has 0 saturated heterocycles. The Hall–Kier alpha value is -0.610. The fourth-order valence-corrected chi connectivity index (χ4v) is 4.00. The summed E-state index contributed by atoms with van der Waals surface area (Å²) in [6.07, 6.45) is 4.07. The summed E-state index contributed by atoms with van der Waals surface area (Å²) in [5, 5.41) is 1.54. The van der Waals surface area contributed by atoms with Gasteiger partial charge in [-0.2, -0.15) is 0 Å². The summed E-state index contributed by atoms with van der Waals surface area (Å²) in [4.78, 5) is 0. The Morgan fingerprint density at radius 1 is 1.15 bits per heavy atom. The van der Waals surface area contributed by atoms with Crippen molar-refractivity contribution in [1.82, 2.24) is 0 Å². The highest BCUT2D eigenvalue weighted by atomic mass is 31.1. The van der Waals surface area contributed by atoms with E-state index < -0.39 is 0 Å². The lowest BCUT2D eigenvalue weighted by atomic mass is 10.2. The first kappa shape index (κ1) is 8.97. The summed E-state index contributed by atoms with van der Waals surface area (Å²) < 4.78 is 0. The van der Waals surface area contributed by atoms with E-state index in [4.69, 9.17) is 0 Å². The Labute approximate surface area is 81.4 Å². The van der Waals surface area contributed by atoms with Crippen LogP contribution in [0, 0.1) is 0 Å². The van der Waals surface area contributed by atoms with Crippen molar-refractivity contribution in [2.24, 2.45) is 0 Å². The van der Waals surface area contributed by atoms with Crippen LogP contribution in [0.5, 0.6) is 0 Å². The molecule has 0 radical (unpaired) electrons. The van der Waals surface area contributed by atoms with Crippen LogP contribution in [0.15, 0.2) is 41.7 Å². The minimum atomic E-state index is 0.0318. The fourth-order valence-electron chi connectivity index (χ4n) is 1.75. The van der Waals surface area contributed by atoms with Gasteiger partial charge in [0.2, 0.25) is 0 Å². The van der Waals surface area contributed by atoms with E-state index in [1.807, 2.05) is 0 Å². The van der Waals surface area contributed by atoms with Crippen molar-refractivity contribution >= 4 is 13.2 Å². The summed E-state index contributed by atoms with van der Waals surface area (Å²) >= 11 is 0. The molecule has 1 aliphatic rings. The number of hydrogen-bond acceptors (Lipinski definition) is 0. The lowest BCUT2D eigenvalue weighted by Gasteiger charge is -2.19. The summed E-state index contributed by atoms with van der Waals surface area (Å²) in [5.41, 5.74) is 1.58. The molecule has 68 valence electrons. The normalized spacial score (nSPS) is 22.5. The third-order valence-corrected chi connectivity index (χ3v) is 4.95. The maximum atomic E-state index is 2.49. The van der Waals surface area contributed by atoms with Crippen molar-refractivity contribution in [2.75, 3.05) is 6.16 Å². The molecule has 1 aromatic rings. The van der Waals surface area contributed by atoms with E-state index in [0.29, 0.717) is 0 Å². The van der Waals surface area contributed by atoms with Crippen LogP contribution in [-0.4, -0.2) is 6.16 Å². The van der Waals surface area contributed by atoms with Gasteiger partial charge in [-0.15, -0.1) is 0 Å². The van der Waals surface area contributed by atoms with E-state index >= 15 is 0 Å². The Morgan fingerprint density at radius 2 is 1.92 bits per heavy atom. The van der Waals surface area contributed by atoms with Crippen molar-refractivity contribution in [2.45, 2.75) is 19.8 Å². The van der Waals surface area contributed by atoms with Gasteiger partial charge in [0, 0.05) is 0 Å². The molecule has 1 atom stereocenters. The van der Waals surface area contributed by atoms with Crippen LogP contribution in [0.3, 0.4) is 0 Å². The molecule has 0 bridgehead atoms. The van der Waals surface area contributed by atoms with E-state index in [0.717, 1.165) is 0 Å². The molecule has 0 fully saturated rings. The van der Waals surface area contributed by atoms with E-state index in [1.165, 1.54) is 24.3 Å². The minimum Gasteiger partial charge on any atom is -0.0725 e. The Kier molecular flexibility index (Phi) is 2.80. The first-order chi connectivity index (χ1) is 6.36. The van der Waals surface area contributed by atoms with Gasteiger partial charge in [0.1, 0.15) is 0 Å². The van der Waals surface area contributed by atoms with Gasteiger partial charge in [0.05, 0.1) is 0 Å². The fraction of sp³-hybridized carbons (Fsp3) is 0.333. The molecule has 1 heterocycles. The Morgan fingerprint density at radius 3 is 2.62 bits per heavy atom. The molecule has 0 saturated carbocycles. The van der Waals surface area contributed by atoms with Crippen molar-refractivity contribution in [3.05, 3.63) is 41.7 Å². The monoisotopic (exact) mass is 190 g/mol. The summed E-state index contributed by atoms with van der Waals surface area (Å²) in [6.45, 7) is 2.26. The third kappa shape index (κ3) is 2.19. The van der Waals surface area contributed by atoms with E-state index in [2.05, 4.69) is 43.1 Å². The largest absolute Gasteiger partial charge is 0.0725 e. The van der Waals surface area contributed by atoms with Crippen LogP contribution in [0.2, 0.25) is 0 Å². The molecule has 0 amide bonds. The molecule has 13 heavy (non-hydrogen) atoms. The lowest BCUT2D eigenvalue weighted by molar-refractivity contribution is 0.903. The zero-order chi connectivity index (χ0) is 9.10. The molecule has 0 spiro atoms. The average Bonchev–Trinajstić information content (AvgIpc) is 2.19. The van der Waals surface area contributed by atoms with Crippen LogP contribution in [0.25, 0.3) is 0 Å². The molecular weight excluding hydrogens is 175 g/mol. The summed E-state index contributed by atoms with van der Waals surface area (Å²) in [6, 6.07) is 10.9. The second-order valence-corrected chi connectivity index (χ2v) is 5.77. The molecule has 1 heteroatoms. The Balaban J connectivity index is 2.22. The standard InChI is InChI=1S/C12H15P/c1-11-6-5-9-13(10-11)12-7-3-2-4-8-12/h2-4,7-8,10H,5-6,9H2,1H3. The highest BCUT2D eigenvalue weighted by Gasteiger charge is 2.11. The number of benzene rings is 1. The maximum absolute atomic E-state index is 2.49. The van der Waals surface area contributed by atoms with Gasteiger partial charge in [-0.25, -0.2) is 0 Å². The predicted octanol–water partition coefficient (Wildman–Crippen LogP) is 3.49. The van der Waals surface area contributed by atoms with Gasteiger partial charge >= 0.3 is 0 Å². The molecule has 0 N–H and O–H groups in total. The van der Waals surface area contributed by atoms with Crippen LogP contribution in [-0.2, 0) is 0 Å². The van der Waals surface area contributed by atoms with Crippen molar-refractivity contribution in [3.8, 4) is 0 Å². The predicted molar refractivity (Wildman–Crippen MR) is 60.9 cm³/mol. The van der Waals surface area contributed by atoms with Gasteiger partial charge in [-0.1, -0.05) is 49.6 Å². The zero-order valence-corrected chi connectivity index (χ0v) is 8.93. The topological polar surface area (TPSA) is 0 Å². The minimum absolute atomic E-state index is 0.0318. The van der Waals surface area contributed by atoms with Gasteiger partial charge in [-0.3, -0.25) is 0 Å². The molecule has 0 aromatic heterocycles. The van der Waals surface area contributed by atoms with Crippen molar-refractivity contribution < 1.29 is 0 Å². The summed E-state index contributed by atoms with van der Waals surface area (Å²) in [5.74, 6) is 2.49. The molecule has 1 unspecified atom stereocenters.